The Morgan fingerprint density at radius 2 is 0.500 bits per heavy atom. The molecule has 0 saturated heterocycles. The maximum atomic E-state index is 12.8. The van der Waals surface area contributed by atoms with Crippen molar-refractivity contribution in [3.63, 3.8) is 0 Å². The van der Waals surface area contributed by atoms with E-state index in [0.29, 0.717) is 0 Å². The van der Waals surface area contributed by atoms with E-state index >= 15 is 0 Å². The van der Waals surface area contributed by atoms with Crippen molar-refractivity contribution in [1.82, 2.24) is 0 Å². The van der Waals surface area contributed by atoms with E-state index in [4.69, 9.17) is 4.43 Å². The average molecular weight is 1250 g/mol. The molecule has 0 aromatic carbocycles. The number of carboxylic acid groups (broad SMARTS) is 1. The third kappa shape index (κ3) is 52.0. The van der Waals surface area contributed by atoms with Gasteiger partial charge in [-0.2, -0.15) is 0 Å². The summed E-state index contributed by atoms with van der Waals surface area (Å²) in [4.78, 5) is 12.8. The lowest BCUT2D eigenvalue weighted by atomic mass is 9.91. The number of carbonyl (C=O) groups is 1. The van der Waals surface area contributed by atoms with Gasteiger partial charge >= 0.3 is 5.97 Å². The molecule has 0 bridgehead atoms. The van der Waals surface area contributed by atoms with Crippen LogP contribution in [-0.4, -0.2) is 25.5 Å². The highest BCUT2D eigenvalue weighted by molar-refractivity contribution is 6.74. The second-order valence-electron chi connectivity index (χ2n) is 32.5. The molecule has 6 atom stereocenters. The van der Waals surface area contributed by atoms with Crippen LogP contribution in [0.2, 0.25) is 18.1 Å². The summed E-state index contributed by atoms with van der Waals surface area (Å²) in [5.74, 6) is 3.37. The van der Waals surface area contributed by atoms with Crippen molar-refractivity contribution in [1.29, 1.82) is 0 Å². The molecule has 0 spiro atoms. The number of hydrogen-bond donors (Lipinski definition) is 1. The molecule has 0 aromatic heterocycles. The van der Waals surface area contributed by atoms with Gasteiger partial charge in [0.1, 0.15) is 0 Å². The van der Waals surface area contributed by atoms with Gasteiger partial charge in [-0.25, -0.2) is 0 Å². The second-order valence-corrected chi connectivity index (χ2v) is 37.2. The number of hydrogen-bond acceptors (Lipinski definition) is 2. The zero-order valence-electron chi connectivity index (χ0n) is 62.0. The first-order valence-corrected chi connectivity index (χ1v) is 44.8. The standard InChI is InChI=1S/C84H166O3Si/c1-8-10-12-14-16-18-20-22-24-26-28-29-30-31-33-35-37-43-49-55-61-67-73-81(83(85)86)82(87-88(6,7)84(3,4)5)74-68-62-56-50-44-48-54-60-66-72-80-76-79(80)71-65-59-53-47-42-39-38-41-46-52-58-64-70-78-75-77(78)69-63-57-51-45-40-36-34-32-27-25-23-21-19-17-15-13-11-9-2/h77-82H,8-76H2,1-7H3,(H,85,86)/t77-,78+,79-,80+,81?,82-/m1/s1. The smallest absolute Gasteiger partial charge is 0.309 e. The Morgan fingerprint density at radius 3 is 0.693 bits per heavy atom. The average Bonchev–Trinajstić information content (AvgIpc) is 3.45. The molecule has 0 amide bonds. The number of unbranched alkanes of at least 4 members (excludes halogenated alkanes) is 57. The van der Waals surface area contributed by atoms with Crippen molar-refractivity contribution in [3.8, 4) is 0 Å². The van der Waals surface area contributed by atoms with Crippen LogP contribution in [-0.2, 0) is 9.22 Å². The molecule has 2 aliphatic rings. The van der Waals surface area contributed by atoms with Crippen LogP contribution in [0.25, 0.3) is 0 Å². The maximum Gasteiger partial charge on any atom is 0.309 e. The van der Waals surface area contributed by atoms with Gasteiger partial charge in [-0.05, 0) is 67.5 Å². The summed E-state index contributed by atoms with van der Waals surface area (Å²) >= 11 is 0. The first kappa shape index (κ1) is 83.7. The Hall–Kier alpha value is -0.353. The van der Waals surface area contributed by atoms with Crippen LogP contribution in [0.4, 0.5) is 0 Å². The summed E-state index contributed by atoms with van der Waals surface area (Å²) in [6, 6.07) is 0. The molecule has 2 aliphatic carbocycles. The third-order valence-corrected chi connectivity index (χ3v) is 27.4. The molecule has 2 rings (SSSR count). The van der Waals surface area contributed by atoms with Crippen LogP contribution in [0.3, 0.4) is 0 Å². The summed E-state index contributed by atoms with van der Waals surface area (Å²) in [5, 5.41) is 10.6. The Balaban J connectivity index is 1.32. The highest BCUT2D eigenvalue weighted by atomic mass is 28.4. The van der Waals surface area contributed by atoms with E-state index in [1.54, 1.807) is 19.3 Å². The predicted octanol–water partition coefficient (Wildman–Crippen LogP) is 30.5. The highest BCUT2D eigenvalue weighted by Crippen LogP contribution is 2.47. The van der Waals surface area contributed by atoms with Crippen molar-refractivity contribution >= 4 is 14.3 Å². The van der Waals surface area contributed by atoms with Crippen LogP contribution < -0.4 is 0 Å². The van der Waals surface area contributed by atoms with E-state index in [0.717, 1.165) is 55.8 Å². The maximum absolute atomic E-state index is 12.8. The largest absolute Gasteiger partial charge is 0.481 e. The molecule has 4 heteroatoms. The summed E-state index contributed by atoms with van der Waals surface area (Å²) in [7, 11) is -2.07. The van der Waals surface area contributed by atoms with E-state index < -0.39 is 14.3 Å². The lowest BCUT2D eigenvalue weighted by molar-refractivity contribution is -0.145. The van der Waals surface area contributed by atoms with Crippen LogP contribution >= 0.6 is 0 Å². The fraction of sp³-hybridized carbons (Fsp3) is 0.988. The van der Waals surface area contributed by atoms with Crippen LogP contribution in [0, 0.1) is 29.6 Å². The van der Waals surface area contributed by atoms with Gasteiger partial charge in [0.15, 0.2) is 8.32 Å². The molecule has 0 aliphatic heterocycles. The van der Waals surface area contributed by atoms with Crippen LogP contribution in [0.15, 0.2) is 0 Å². The Labute approximate surface area is 557 Å². The molecule has 2 fully saturated rings. The fourth-order valence-electron chi connectivity index (χ4n) is 15.3. The summed E-state index contributed by atoms with van der Waals surface area (Å²) < 4.78 is 6.98. The normalized spacial score (nSPS) is 17.5. The van der Waals surface area contributed by atoms with Crippen molar-refractivity contribution in [2.24, 2.45) is 29.6 Å². The van der Waals surface area contributed by atoms with Gasteiger partial charge in [-0.1, -0.05) is 452 Å². The van der Waals surface area contributed by atoms with Crippen LogP contribution in [0.5, 0.6) is 0 Å². The lowest BCUT2D eigenvalue weighted by Crippen LogP contribution is -2.47. The van der Waals surface area contributed by atoms with E-state index in [-0.39, 0.29) is 17.1 Å². The van der Waals surface area contributed by atoms with E-state index in [1.165, 1.54) is 392 Å². The van der Waals surface area contributed by atoms with E-state index in [9.17, 15) is 9.90 Å². The van der Waals surface area contributed by atoms with Crippen LogP contribution in [0.1, 0.15) is 478 Å². The predicted molar refractivity (Wildman–Crippen MR) is 397 cm³/mol. The Kier molecular flexibility index (Phi) is 57.4. The van der Waals surface area contributed by atoms with Crippen molar-refractivity contribution in [3.05, 3.63) is 0 Å². The molecule has 88 heavy (non-hydrogen) atoms. The number of carboxylic acids is 1. The Bertz CT molecular complexity index is 1440. The van der Waals surface area contributed by atoms with Crippen molar-refractivity contribution in [2.45, 2.75) is 502 Å². The van der Waals surface area contributed by atoms with E-state index in [1.807, 2.05) is 0 Å². The number of rotatable bonds is 73. The fourth-order valence-corrected chi connectivity index (χ4v) is 16.6. The molecule has 1 unspecified atom stereocenters. The van der Waals surface area contributed by atoms with Gasteiger partial charge in [-0.15, -0.1) is 0 Å². The molecule has 0 aromatic rings. The molecular formula is C84H166O3Si. The SMILES string of the molecule is CCCCCCCCCCCCCCCCCCCCCCCCC(C(=O)O)[C@@H](CCCCCCCCCCC[C@H]1C[C@H]1CCCCCCCCCCCCCC[C@H]1C[C@H]1CCCCCCCCCCCCCCCCCCCC)O[Si](C)(C)C(C)(C)C. The molecule has 524 valence electrons. The monoisotopic (exact) mass is 1250 g/mol. The Morgan fingerprint density at radius 1 is 0.318 bits per heavy atom. The molecule has 0 radical (unpaired) electrons. The summed E-state index contributed by atoms with van der Waals surface area (Å²) in [6.45, 7) is 16.1. The van der Waals surface area contributed by atoms with Crippen molar-refractivity contribution in [2.75, 3.05) is 0 Å². The molecule has 1 N–H and O–H groups in total. The van der Waals surface area contributed by atoms with Crippen molar-refractivity contribution < 1.29 is 14.3 Å². The van der Waals surface area contributed by atoms with E-state index in [2.05, 4.69) is 47.7 Å². The highest BCUT2D eigenvalue weighted by Gasteiger charge is 2.42. The zero-order chi connectivity index (χ0) is 63.5. The molecule has 3 nitrogen and oxygen atoms in total. The first-order chi connectivity index (χ1) is 43.0. The van der Waals surface area contributed by atoms with Gasteiger partial charge in [0, 0.05) is 0 Å². The summed E-state index contributed by atoms with van der Waals surface area (Å²) in [6.07, 6.45) is 97.8. The summed E-state index contributed by atoms with van der Waals surface area (Å²) in [5.41, 5.74) is 0. The minimum absolute atomic E-state index is 0.0875. The van der Waals surface area contributed by atoms with Gasteiger partial charge in [0.05, 0.1) is 12.0 Å². The second kappa shape index (κ2) is 60.3. The van der Waals surface area contributed by atoms with Gasteiger partial charge < -0.3 is 9.53 Å². The van der Waals surface area contributed by atoms with Gasteiger partial charge in [-0.3, -0.25) is 4.79 Å². The van der Waals surface area contributed by atoms with Gasteiger partial charge in [0.2, 0.25) is 0 Å². The third-order valence-electron chi connectivity index (χ3n) is 22.9. The number of aliphatic carboxylic acids is 1. The topological polar surface area (TPSA) is 46.5 Å². The minimum atomic E-state index is -2.07. The zero-order valence-corrected chi connectivity index (χ0v) is 63.0. The minimum Gasteiger partial charge on any atom is -0.481 e. The lowest BCUT2D eigenvalue weighted by Gasteiger charge is -2.41. The first-order valence-electron chi connectivity index (χ1n) is 41.9. The molecule has 2 saturated carbocycles. The molecular weight excluding hydrogens is 1090 g/mol. The van der Waals surface area contributed by atoms with Gasteiger partial charge in [0.25, 0.3) is 0 Å². The molecule has 0 heterocycles. The quantitative estimate of drug-likeness (QED) is 0.0488.